The molecule has 92 valence electrons. The highest BCUT2D eigenvalue weighted by Crippen LogP contribution is 2.00. The van der Waals surface area contributed by atoms with Crippen molar-refractivity contribution in [3.8, 4) is 0 Å². The Balaban J connectivity index is 2.48. The maximum Gasteiger partial charge on any atom is 0.482 e. The summed E-state index contributed by atoms with van der Waals surface area (Å²) in [4.78, 5) is 23.9. The number of carbonyl (C=O) groups is 2. The van der Waals surface area contributed by atoms with Crippen molar-refractivity contribution in [1.82, 2.24) is 0 Å². The van der Waals surface area contributed by atoms with Crippen LogP contribution in [0.3, 0.4) is 0 Å². The predicted molar refractivity (Wildman–Crippen MR) is 62.7 cm³/mol. The highest BCUT2D eigenvalue weighted by atomic mass is 16.5. The molecule has 1 aromatic carbocycles. The van der Waals surface area contributed by atoms with Crippen LogP contribution in [0.25, 0.3) is 11.6 Å². The topological polar surface area (TPSA) is 100 Å². The first-order chi connectivity index (χ1) is 8.65. The second-order valence-electron chi connectivity index (χ2n) is 3.17. The second-order valence-corrected chi connectivity index (χ2v) is 3.17. The van der Waals surface area contributed by atoms with Crippen LogP contribution in [0, 0.1) is 0 Å². The number of hydrogen-bond acceptors (Lipinski definition) is 3. The van der Waals surface area contributed by atoms with Crippen molar-refractivity contribution in [2.24, 2.45) is 0 Å². The van der Waals surface area contributed by atoms with E-state index in [1.807, 2.05) is 30.3 Å². The number of benzene rings is 1. The highest BCUT2D eigenvalue weighted by molar-refractivity contribution is 6.60. The molecule has 1 aromatic rings. The summed E-state index contributed by atoms with van der Waals surface area (Å²) in [5.41, 5.74) is 8.16. The van der Waals surface area contributed by atoms with Gasteiger partial charge in [-0.1, -0.05) is 36.4 Å². The van der Waals surface area contributed by atoms with E-state index in [1.165, 1.54) is 0 Å². The number of carbonyl (C=O) groups excluding carboxylic acids is 1. The van der Waals surface area contributed by atoms with Gasteiger partial charge in [0.15, 0.2) is 0 Å². The van der Waals surface area contributed by atoms with E-state index in [0.29, 0.717) is 0 Å². The molecule has 0 atom stereocenters. The minimum absolute atomic E-state index is 0.111. The van der Waals surface area contributed by atoms with Crippen LogP contribution in [-0.4, -0.2) is 34.2 Å². The summed E-state index contributed by atoms with van der Waals surface area (Å²) in [5.74, 6) is -2.84. The zero-order chi connectivity index (χ0) is 13.4. The minimum Gasteiger partial charge on any atom is -0.472 e. The van der Waals surface area contributed by atoms with Gasteiger partial charge in [-0.25, -0.2) is 9.59 Å². The monoisotopic (exact) mass is 246 g/mol. The standard InChI is InChI=1S/C12H10N2O4/c13-14-10(11(15)16)12(17)18-8-4-7-9-5-2-1-3-6-9/h1-7H,8H2,(H,15,16). The van der Waals surface area contributed by atoms with E-state index < -0.39 is 17.7 Å². The first kappa shape index (κ1) is 13.3. The Labute approximate surface area is 103 Å². The molecule has 0 saturated heterocycles. The molecule has 0 unspecified atom stereocenters. The van der Waals surface area contributed by atoms with Crippen LogP contribution in [0.5, 0.6) is 0 Å². The number of rotatable bonds is 5. The largest absolute Gasteiger partial charge is 0.482 e. The Bertz CT molecular complexity index is 516. The molecule has 1 rings (SSSR count). The molecule has 0 aliphatic carbocycles. The number of carboxylic acid groups (broad SMARTS) is 1. The lowest BCUT2D eigenvalue weighted by Gasteiger charge is -1.95. The van der Waals surface area contributed by atoms with E-state index >= 15 is 0 Å². The number of hydrogen-bond donors (Lipinski definition) is 1. The molecule has 0 bridgehead atoms. The van der Waals surface area contributed by atoms with Crippen LogP contribution in [0.15, 0.2) is 36.4 Å². The molecule has 0 amide bonds. The summed E-state index contributed by atoms with van der Waals surface area (Å²) in [6, 6.07) is 9.29. The molecule has 0 radical (unpaired) electrons. The zero-order valence-electron chi connectivity index (χ0n) is 9.31. The lowest BCUT2D eigenvalue weighted by Crippen LogP contribution is -2.27. The van der Waals surface area contributed by atoms with Gasteiger partial charge < -0.3 is 15.4 Å². The van der Waals surface area contributed by atoms with Gasteiger partial charge >= 0.3 is 17.7 Å². The first-order valence-electron chi connectivity index (χ1n) is 4.99. The normalized spacial score (nSPS) is 9.78. The van der Waals surface area contributed by atoms with Gasteiger partial charge in [-0.3, -0.25) is 0 Å². The van der Waals surface area contributed by atoms with Crippen LogP contribution in [0.2, 0.25) is 0 Å². The Morgan fingerprint density at radius 1 is 1.33 bits per heavy atom. The minimum atomic E-state index is -1.64. The van der Waals surface area contributed by atoms with Crippen molar-refractivity contribution in [2.75, 3.05) is 6.61 Å². The van der Waals surface area contributed by atoms with Crippen LogP contribution in [0.1, 0.15) is 5.56 Å². The molecule has 0 spiro atoms. The summed E-state index contributed by atoms with van der Waals surface area (Å²) >= 11 is 0. The average Bonchev–Trinajstić information content (AvgIpc) is 2.36. The van der Waals surface area contributed by atoms with E-state index in [9.17, 15) is 9.59 Å². The Morgan fingerprint density at radius 2 is 2.00 bits per heavy atom. The quantitative estimate of drug-likeness (QED) is 0.275. The number of ether oxygens (including phenoxy) is 1. The Hall–Kier alpha value is -2.72. The van der Waals surface area contributed by atoms with E-state index in [-0.39, 0.29) is 6.61 Å². The van der Waals surface area contributed by atoms with Crippen molar-refractivity contribution < 1.29 is 24.2 Å². The second kappa shape index (κ2) is 6.78. The van der Waals surface area contributed by atoms with Crippen LogP contribution in [0.4, 0.5) is 0 Å². The molecule has 0 aromatic heterocycles. The fraction of sp³-hybridized carbons (Fsp3) is 0.0833. The molecular formula is C12H10N2O4. The van der Waals surface area contributed by atoms with E-state index in [0.717, 1.165) is 5.56 Å². The van der Waals surface area contributed by atoms with Gasteiger partial charge in [-0.2, -0.15) is 4.79 Å². The average molecular weight is 246 g/mol. The number of esters is 1. The van der Waals surface area contributed by atoms with Gasteiger partial charge in [0.25, 0.3) is 0 Å². The number of carboxylic acids is 1. The molecule has 0 aliphatic rings. The fourth-order valence-electron chi connectivity index (χ4n) is 1.11. The molecule has 6 nitrogen and oxygen atoms in total. The zero-order valence-corrected chi connectivity index (χ0v) is 9.31. The summed E-state index contributed by atoms with van der Waals surface area (Å²) < 4.78 is 4.58. The van der Waals surface area contributed by atoms with Gasteiger partial charge in [-0.15, -0.1) is 0 Å². The van der Waals surface area contributed by atoms with Gasteiger partial charge in [0, 0.05) is 0 Å². The molecule has 1 N–H and O–H groups in total. The smallest absolute Gasteiger partial charge is 0.472 e. The summed E-state index contributed by atoms with van der Waals surface area (Å²) in [5, 5.41) is 8.47. The van der Waals surface area contributed by atoms with E-state index in [1.54, 1.807) is 12.2 Å². The van der Waals surface area contributed by atoms with Gasteiger partial charge in [0.1, 0.15) is 6.61 Å². The van der Waals surface area contributed by atoms with Crippen LogP contribution < -0.4 is 0 Å². The van der Waals surface area contributed by atoms with Crippen molar-refractivity contribution in [3.05, 3.63) is 47.5 Å². The van der Waals surface area contributed by atoms with Gasteiger partial charge in [-0.05, 0) is 11.6 Å². The molecule has 0 aliphatic heterocycles. The van der Waals surface area contributed by atoms with Crippen molar-refractivity contribution in [1.29, 1.82) is 0 Å². The van der Waals surface area contributed by atoms with Crippen LogP contribution in [-0.2, 0) is 14.3 Å². The van der Waals surface area contributed by atoms with Crippen molar-refractivity contribution in [3.63, 3.8) is 0 Å². The van der Waals surface area contributed by atoms with E-state index in [4.69, 9.17) is 10.6 Å². The van der Waals surface area contributed by atoms with Gasteiger partial charge in [0.05, 0.1) is 0 Å². The van der Waals surface area contributed by atoms with Crippen LogP contribution >= 0.6 is 0 Å². The molecule has 0 fully saturated rings. The number of nitrogens with zero attached hydrogens (tertiary/aromatic N) is 2. The third-order valence-electron chi connectivity index (χ3n) is 1.92. The highest BCUT2D eigenvalue weighted by Gasteiger charge is 2.30. The fourth-order valence-corrected chi connectivity index (χ4v) is 1.11. The predicted octanol–water partition coefficient (Wildman–Crippen LogP) is 0.998. The molecule has 0 heterocycles. The van der Waals surface area contributed by atoms with Crippen molar-refractivity contribution in [2.45, 2.75) is 0 Å². The maximum absolute atomic E-state index is 11.1. The molecular weight excluding hydrogens is 236 g/mol. The Morgan fingerprint density at radius 3 is 2.56 bits per heavy atom. The molecule has 18 heavy (non-hydrogen) atoms. The third-order valence-corrected chi connectivity index (χ3v) is 1.92. The van der Waals surface area contributed by atoms with E-state index in [2.05, 4.69) is 9.53 Å². The summed E-state index contributed by atoms with van der Waals surface area (Å²) in [6.07, 6.45) is 3.26. The SMILES string of the molecule is [N-]=[N+]=C(C(=O)O)C(=O)OCC=Cc1ccccc1. The third kappa shape index (κ3) is 4.03. The van der Waals surface area contributed by atoms with Crippen molar-refractivity contribution >= 4 is 23.7 Å². The van der Waals surface area contributed by atoms with Gasteiger partial charge in [0.2, 0.25) is 0 Å². The Kier molecular flexibility index (Phi) is 5.02. The lowest BCUT2D eigenvalue weighted by atomic mass is 10.2. The summed E-state index contributed by atoms with van der Waals surface area (Å²) in [7, 11) is 0. The lowest BCUT2D eigenvalue weighted by molar-refractivity contribution is -0.145. The summed E-state index contributed by atoms with van der Waals surface area (Å²) in [6.45, 7) is -0.111. The first-order valence-corrected chi connectivity index (χ1v) is 4.99. The number of aliphatic carboxylic acids is 1. The maximum atomic E-state index is 11.1. The molecule has 0 saturated carbocycles. The molecule has 6 heteroatoms.